The Morgan fingerprint density at radius 3 is 2.15 bits per heavy atom. The van der Waals surface area contributed by atoms with Gasteiger partial charge in [0.25, 0.3) is 0 Å². The molecular formula is C29H27F3N6O. The van der Waals surface area contributed by atoms with E-state index < -0.39 is 17.6 Å². The van der Waals surface area contributed by atoms with Crippen molar-refractivity contribution in [2.45, 2.75) is 45.5 Å². The average Bonchev–Trinajstić information content (AvgIpc) is 3.56. The fraction of sp³-hybridized carbons (Fsp3) is 0.241. The zero-order chi connectivity index (χ0) is 27.4. The first-order valence-electron chi connectivity index (χ1n) is 12.7. The lowest BCUT2D eigenvalue weighted by Gasteiger charge is -2.13. The van der Waals surface area contributed by atoms with Crippen LogP contribution in [0.5, 0.6) is 0 Å². The van der Waals surface area contributed by atoms with Crippen molar-refractivity contribution in [1.29, 1.82) is 0 Å². The molecule has 0 aliphatic carbocycles. The first kappa shape index (κ1) is 26.1. The van der Waals surface area contributed by atoms with Crippen LogP contribution in [0.25, 0.3) is 22.5 Å². The molecule has 0 unspecified atom stereocenters. The molecule has 0 radical (unpaired) electrons. The number of H-pyrrole nitrogens is 1. The van der Waals surface area contributed by atoms with Crippen molar-refractivity contribution >= 4 is 0 Å². The highest BCUT2D eigenvalue weighted by Gasteiger charge is 2.40. The molecule has 0 saturated carbocycles. The summed E-state index contributed by atoms with van der Waals surface area (Å²) < 4.78 is 45.1. The molecule has 5 rings (SSSR count). The number of alkyl halides is 3. The van der Waals surface area contributed by atoms with Gasteiger partial charge in [0.05, 0.1) is 12.2 Å². The van der Waals surface area contributed by atoms with E-state index in [0.717, 1.165) is 32.4 Å². The Hall–Kier alpha value is -4.47. The van der Waals surface area contributed by atoms with Gasteiger partial charge in [0.2, 0.25) is 0 Å². The van der Waals surface area contributed by atoms with Gasteiger partial charge in [0.15, 0.2) is 5.82 Å². The third-order valence-corrected chi connectivity index (χ3v) is 6.69. The van der Waals surface area contributed by atoms with Gasteiger partial charge in [0.1, 0.15) is 5.69 Å². The van der Waals surface area contributed by atoms with Crippen molar-refractivity contribution in [3.8, 4) is 22.5 Å². The minimum Gasteiger partial charge on any atom is -0.291 e. The second kappa shape index (κ2) is 11.1. The summed E-state index contributed by atoms with van der Waals surface area (Å²) in [5.41, 5.74) is 2.74. The van der Waals surface area contributed by atoms with Crippen molar-refractivity contribution in [2.24, 2.45) is 0 Å². The van der Waals surface area contributed by atoms with Crippen molar-refractivity contribution < 1.29 is 13.2 Å². The van der Waals surface area contributed by atoms with Crippen LogP contribution in [0.2, 0.25) is 0 Å². The standard InChI is InChI=1S/C29H27F3N6O/c1-2-8-25-26(29(30,31)32)37(18-17-20-9-4-3-5-10-20)28(39)38(25)19-21-13-15-22(16-14-21)23-11-6-7-12-24(23)27-33-35-36-34-27/h3-7,9-16H,2,8,17-19H2,1H3,(H,33,34,35,36). The van der Waals surface area contributed by atoms with Crippen LogP contribution in [0.1, 0.15) is 35.9 Å². The molecular weight excluding hydrogens is 505 g/mol. The summed E-state index contributed by atoms with van der Waals surface area (Å²) in [6.45, 7) is 1.81. The van der Waals surface area contributed by atoms with Gasteiger partial charge in [-0.15, -0.1) is 5.10 Å². The van der Waals surface area contributed by atoms with E-state index in [1.54, 1.807) is 0 Å². The average molecular weight is 533 g/mol. The Morgan fingerprint density at radius 2 is 1.51 bits per heavy atom. The Kier molecular flexibility index (Phi) is 7.44. The van der Waals surface area contributed by atoms with E-state index >= 15 is 0 Å². The van der Waals surface area contributed by atoms with Crippen LogP contribution >= 0.6 is 0 Å². The number of aromatic amines is 1. The number of aromatic nitrogens is 6. The fourth-order valence-corrected chi connectivity index (χ4v) is 4.89. The van der Waals surface area contributed by atoms with Crippen LogP contribution in [0.15, 0.2) is 83.7 Å². The van der Waals surface area contributed by atoms with Gasteiger partial charge in [0, 0.05) is 12.1 Å². The number of nitrogens with zero attached hydrogens (tertiary/aromatic N) is 5. The smallest absolute Gasteiger partial charge is 0.291 e. The molecule has 5 aromatic rings. The molecule has 2 heterocycles. The number of rotatable bonds is 9. The fourth-order valence-electron chi connectivity index (χ4n) is 4.89. The third kappa shape index (κ3) is 5.55. The number of aryl methyl sites for hydroxylation is 1. The predicted molar refractivity (Wildman–Crippen MR) is 142 cm³/mol. The minimum absolute atomic E-state index is 0.0234. The molecule has 0 atom stereocenters. The zero-order valence-corrected chi connectivity index (χ0v) is 21.3. The van der Waals surface area contributed by atoms with Crippen LogP contribution in [-0.2, 0) is 32.1 Å². The highest BCUT2D eigenvalue weighted by molar-refractivity contribution is 5.80. The Labute approximate surface area is 222 Å². The van der Waals surface area contributed by atoms with E-state index in [2.05, 4.69) is 20.6 Å². The molecule has 0 aliphatic rings. The lowest BCUT2D eigenvalue weighted by molar-refractivity contribution is -0.144. The summed E-state index contributed by atoms with van der Waals surface area (Å²) >= 11 is 0. The van der Waals surface area contributed by atoms with Gasteiger partial charge < -0.3 is 0 Å². The van der Waals surface area contributed by atoms with Crippen molar-refractivity contribution in [2.75, 3.05) is 0 Å². The first-order chi connectivity index (χ1) is 18.9. The molecule has 0 fully saturated rings. The van der Waals surface area contributed by atoms with Gasteiger partial charge in [-0.1, -0.05) is 92.2 Å². The monoisotopic (exact) mass is 532 g/mol. The number of imidazole rings is 1. The second-order valence-corrected chi connectivity index (χ2v) is 9.29. The molecule has 0 spiro atoms. The Balaban J connectivity index is 1.49. The van der Waals surface area contributed by atoms with E-state index in [0.29, 0.717) is 18.7 Å². The van der Waals surface area contributed by atoms with Gasteiger partial charge in [-0.3, -0.25) is 9.13 Å². The SMILES string of the molecule is CCCc1c(C(F)(F)F)n(CCc2ccccc2)c(=O)n1Cc1ccc(-c2ccccc2-c2nnn[nH]2)cc1. The number of tetrazole rings is 1. The van der Waals surface area contributed by atoms with E-state index in [1.807, 2.05) is 85.8 Å². The summed E-state index contributed by atoms with van der Waals surface area (Å²) in [4.78, 5) is 13.4. The molecule has 0 bridgehead atoms. The molecule has 39 heavy (non-hydrogen) atoms. The maximum absolute atomic E-state index is 14.3. The number of hydrogen-bond donors (Lipinski definition) is 1. The predicted octanol–water partition coefficient (Wildman–Crippen LogP) is 5.76. The van der Waals surface area contributed by atoms with Crippen LogP contribution in [0.4, 0.5) is 13.2 Å². The molecule has 0 saturated heterocycles. The van der Waals surface area contributed by atoms with Gasteiger partial charge in [-0.05, 0) is 45.5 Å². The third-order valence-electron chi connectivity index (χ3n) is 6.69. The zero-order valence-electron chi connectivity index (χ0n) is 21.3. The highest BCUT2D eigenvalue weighted by Crippen LogP contribution is 2.33. The van der Waals surface area contributed by atoms with Crippen molar-refractivity contribution in [1.82, 2.24) is 29.8 Å². The second-order valence-electron chi connectivity index (χ2n) is 9.29. The summed E-state index contributed by atoms with van der Waals surface area (Å²) in [6.07, 6.45) is -3.68. The molecule has 3 aromatic carbocycles. The largest absolute Gasteiger partial charge is 0.433 e. The van der Waals surface area contributed by atoms with E-state index in [1.165, 1.54) is 4.57 Å². The van der Waals surface area contributed by atoms with E-state index in [4.69, 9.17) is 0 Å². The summed E-state index contributed by atoms with van der Waals surface area (Å²) in [7, 11) is 0. The lowest BCUT2D eigenvalue weighted by atomic mass is 9.98. The lowest BCUT2D eigenvalue weighted by Crippen LogP contribution is -2.28. The van der Waals surface area contributed by atoms with Crippen LogP contribution in [0, 0.1) is 0 Å². The molecule has 1 N–H and O–H groups in total. The Morgan fingerprint density at radius 1 is 0.821 bits per heavy atom. The maximum Gasteiger partial charge on any atom is 0.433 e. The molecule has 0 aliphatic heterocycles. The van der Waals surface area contributed by atoms with Crippen molar-refractivity contribution in [3.05, 3.63) is 112 Å². The molecule has 10 heteroatoms. The number of nitrogens with one attached hydrogen (secondary N) is 1. The van der Waals surface area contributed by atoms with Crippen LogP contribution in [0.3, 0.4) is 0 Å². The summed E-state index contributed by atoms with van der Waals surface area (Å²) in [5, 5.41) is 14.1. The number of benzene rings is 3. The molecule has 7 nitrogen and oxygen atoms in total. The van der Waals surface area contributed by atoms with Crippen LogP contribution in [-0.4, -0.2) is 29.8 Å². The van der Waals surface area contributed by atoms with Gasteiger partial charge in [-0.2, -0.15) is 13.2 Å². The quantitative estimate of drug-likeness (QED) is 0.262. The number of halogens is 3. The molecule has 200 valence electrons. The topological polar surface area (TPSA) is 81.4 Å². The highest BCUT2D eigenvalue weighted by atomic mass is 19.4. The van der Waals surface area contributed by atoms with Crippen LogP contribution < -0.4 is 5.69 Å². The van der Waals surface area contributed by atoms with E-state index in [-0.39, 0.29) is 25.2 Å². The van der Waals surface area contributed by atoms with E-state index in [9.17, 15) is 18.0 Å². The maximum atomic E-state index is 14.3. The van der Waals surface area contributed by atoms with Crippen molar-refractivity contribution in [3.63, 3.8) is 0 Å². The van der Waals surface area contributed by atoms with Gasteiger partial charge in [-0.25, -0.2) is 9.89 Å². The molecule has 0 amide bonds. The Bertz CT molecular complexity index is 1590. The number of hydrogen-bond acceptors (Lipinski definition) is 4. The summed E-state index contributed by atoms with van der Waals surface area (Å²) in [5.74, 6) is 0.530. The minimum atomic E-state index is -4.64. The normalized spacial score (nSPS) is 11.7. The van der Waals surface area contributed by atoms with Gasteiger partial charge >= 0.3 is 11.9 Å². The molecule has 2 aromatic heterocycles. The summed E-state index contributed by atoms with van der Waals surface area (Å²) in [6, 6.07) is 24.3. The first-order valence-corrected chi connectivity index (χ1v) is 12.7.